The number of rotatable bonds is 7. The van der Waals surface area contributed by atoms with Gasteiger partial charge in [0.05, 0.1) is 39.6 Å². The third-order valence-electron chi connectivity index (χ3n) is 8.80. The molecule has 8 rings (SSSR count). The minimum absolute atomic E-state index is 0.0199. The molecule has 0 saturated carbocycles. The van der Waals surface area contributed by atoms with Crippen molar-refractivity contribution in [3.63, 3.8) is 0 Å². The van der Waals surface area contributed by atoms with Crippen LogP contribution in [-0.4, -0.2) is 19.1 Å². The average molecular weight is 644 g/mol. The van der Waals surface area contributed by atoms with E-state index in [1.807, 2.05) is 73.1 Å². The second-order valence-corrected chi connectivity index (χ2v) is 13.8. The van der Waals surface area contributed by atoms with E-state index < -0.39 is 6.37 Å². The Morgan fingerprint density at radius 1 is 0.796 bits per heavy atom. The lowest BCUT2D eigenvalue weighted by Gasteiger charge is -2.20. The number of hydrogen-bond donors (Lipinski definition) is 0. The van der Waals surface area contributed by atoms with Crippen LogP contribution in [0.25, 0.3) is 50.0 Å². The normalized spacial score (nSPS) is 12.9. The fourth-order valence-electron chi connectivity index (χ4n) is 6.50. The lowest BCUT2D eigenvalue weighted by atomic mass is 9.87. The van der Waals surface area contributed by atoms with Gasteiger partial charge < -0.3 is 4.74 Å². The second kappa shape index (κ2) is 12.0. The minimum Gasteiger partial charge on any atom is -0.456 e. The summed E-state index contributed by atoms with van der Waals surface area (Å²) in [6, 6.07) is 36.8. The summed E-state index contributed by atoms with van der Waals surface area (Å²) in [6.07, 6.45) is 7.31. The number of para-hydroxylation sites is 3. The zero-order valence-electron chi connectivity index (χ0n) is 30.3. The highest BCUT2D eigenvalue weighted by Crippen LogP contribution is 2.35. The molecule has 0 N–H and O–H groups in total. The van der Waals surface area contributed by atoms with Crippen molar-refractivity contribution in [3.8, 4) is 28.7 Å². The Hall–Kier alpha value is -5.75. The third kappa shape index (κ3) is 5.73. The number of pyridine rings is 2. The number of nitrogens with zero attached hydrogens (tertiary/aromatic N) is 5. The van der Waals surface area contributed by atoms with Gasteiger partial charge in [-0.05, 0) is 77.4 Å². The van der Waals surface area contributed by atoms with Gasteiger partial charge in [-0.3, -0.25) is 18.7 Å². The van der Waals surface area contributed by atoms with Crippen LogP contribution in [0.1, 0.15) is 48.5 Å². The van der Waals surface area contributed by atoms with Gasteiger partial charge in [-0.2, -0.15) is 0 Å². The summed E-state index contributed by atoms with van der Waals surface area (Å²) in [6.45, 7) is 10.5. The minimum atomic E-state index is -1.50. The van der Waals surface area contributed by atoms with E-state index in [1.54, 1.807) is 18.5 Å². The van der Waals surface area contributed by atoms with Crippen LogP contribution in [0.5, 0.6) is 11.5 Å². The lowest BCUT2D eigenvalue weighted by Crippen LogP contribution is -2.30. The molecule has 4 aromatic carbocycles. The van der Waals surface area contributed by atoms with Crippen LogP contribution < -0.4 is 9.30 Å². The molecule has 0 aliphatic heterocycles. The maximum absolute atomic E-state index is 8.73. The third-order valence-corrected chi connectivity index (χ3v) is 8.80. The van der Waals surface area contributed by atoms with Crippen molar-refractivity contribution in [1.82, 2.24) is 19.1 Å². The fraction of sp³-hybridized carbons (Fsp3) is 0.186. The molecule has 0 amide bonds. The Balaban J connectivity index is 1.19. The summed E-state index contributed by atoms with van der Waals surface area (Å²) in [5.74, 6) is 1.70. The van der Waals surface area contributed by atoms with Gasteiger partial charge in [-0.1, -0.05) is 89.2 Å². The van der Waals surface area contributed by atoms with E-state index >= 15 is 0 Å². The first-order chi connectivity index (χ1) is 24.5. The molecule has 8 aromatic rings. The highest BCUT2D eigenvalue weighted by Gasteiger charge is 2.18. The number of imidazole rings is 1. The SMILES string of the molecule is [2H]C([2H])(c1ccnc(-n2c3ccccc3c3ccc(Oc4cncc(-n5[c-][n+](-c6cccc(C(C)(C)C)c6)c6ccccc65)c4)cc32)c1)C(C)C. The molecule has 49 heavy (non-hydrogen) atoms. The average Bonchev–Trinajstić information content (AvgIpc) is 3.68. The number of ether oxygens (including phenoxy) is 1. The van der Waals surface area contributed by atoms with Crippen LogP contribution >= 0.6 is 0 Å². The van der Waals surface area contributed by atoms with Crippen LogP contribution in [0.15, 0.2) is 128 Å². The molecular weight excluding hydrogens is 603 g/mol. The lowest BCUT2D eigenvalue weighted by molar-refractivity contribution is -0.572. The molecule has 6 nitrogen and oxygen atoms in total. The maximum atomic E-state index is 8.73. The Bertz CT molecular complexity index is 2580. The van der Waals surface area contributed by atoms with Crippen molar-refractivity contribution >= 4 is 32.8 Å². The molecule has 242 valence electrons. The number of benzene rings is 4. The largest absolute Gasteiger partial charge is 0.456 e. The van der Waals surface area contributed by atoms with Crippen LogP contribution in [0.3, 0.4) is 0 Å². The first-order valence-electron chi connectivity index (χ1n) is 17.7. The molecule has 0 bridgehead atoms. The smallest absolute Gasteiger partial charge is 0.269 e. The van der Waals surface area contributed by atoms with Crippen LogP contribution in [0, 0.1) is 12.2 Å². The molecule has 0 saturated heterocycles. The van der Waals surface area contributed by atoms with E-state index in [2.05, 4.69) is 95.8 Å². The van der Waals surface area contributed by atoms with E-state index in [0.29, 0.717) is 22.9 Å². The first-order valence-corrected chi connectivity index (χ1v) is 16.7. The van der Waals surface area contributed by atoms with Crippen LogP contribution in [0.4, 0.5) is 0 Å². The summed E-state index contributed by atoms with van der Waals surface area (Å²) < 4.78 is 30.2. The van der Waals surface area contributed by atoms with E-state index in [9.17, 15) is 0 Å². The van der Waals surface area contributed by atoms with Gasteiger partial charge in [0.15, 0.2) is 0 Å². The van der Waals surface area contributed by atoms with Gasteiger partial charge in [0.2, 0.25) is 0 Å². The van der Waals surface area contributed by atoms with E-state index in [0.717, 1.165) is 44.2 Å². The quantitative estimate of drug-likeness (QED) is 0.128. The predicted molar refractivity (Wildman–Crippen MR) is 197 cm³/mol. The van der Waals surface area contributed by atoms with Crippen molar-refractivity contribution in [2.45, 2.75) is 46.4 Å². The maximum Gasteiger partial charge on any atom is 0.269 e. The van der Waals surface area contributed by atoms with Crippen LogP contribution in [-0.2, 0) is 11.8 Å². The van der Waals surface area contributed by atoms with Crippen molar-refractivity contribution in [2.75, 3.05) is 0 Å². The molecule has 4 heterocycles. The zero-order chi connectivity index (χ0) is 35.5. The number of aromatic nitrogens is 5. The summed E-state index contributed by atoms with van der Waals surface area (Å²) in [7, 11) is 0. The van der Waals surface area contributed by atoms with E-state index in [1.165, 1.54) is 5.56 Å². The summed E-state index contributed by atoms with van der Waals surface area (Å²) in [5.41, 5.74) is 7.67. The molecule has 0 fully saturated rings. The van der Waals surface area contributed by atoms with Gasteiger partial charge in [-0.15, -0.1) is 0 Å². The Labute approximate surface area is 289 Å². The highest BCUT2D eigenvalue weighted by atomic mass is 16.5. The van der Waals surface area contributed by atoms with E-state index in [-0.39, 0.29) is 11.3 Å². The highest BCUT2D eigenvalue weighted by molar-refractivity contribution is 6.09. The van der Waals surface area contributed by atoms with Gasteiger partial charge in [-0.25, -0.2) is 4.98 Å². The predicted octanol–water partition coefficient (Wildman–Crippen LogP) is 9.88. The standard InChI is InChI=1S/C43H39N5O/c1-29(2)21-30-19-20-45-42(22-30)48-38-14-7-6-13-36(38)37-18-17-34(25-41(37)48)49-35-24-33(26-44-27-35)47-28-46(39-15-8-9-16-40(39)47)32-12-10-11-31(23-32)43(3,4)5/h6-20,22-27,29H,21H2,1-5H3/i21D2. The Morgan fingerprint density at radius 2 is 1.59 bits per heavy atom. The Morgan fingerprint density at radius 3 is 2.43 bits per heavy atom. The molecule has 0 aliphatic carbocycles. The summed E-state index contributed by atoms with van der Waals surface area (Å²) >= 11 is 0. The zero-order valence-corrected chi connectivity index (χ0v) is 28.3. The number of fused-ring (bicyclic) bond motifs is 4. The summed E-state index contributed by atoms with van der Waals surface area (Å²) in [5, 5.41) is 2.13. The second-order valence-electron chi connectivity index (χ2n) is 13.8. The van der Waals surface area contributed by atoms with Gasteiger partial charge >= 0.3 is 0 Å². The molecule has 0 spiro atoms. The van der Waals surface area contributed by atoms with Crippen molar-refractivity contribution < 1.29 is 12.0 Å². The summed E-state index contributed by atoms with van der Waals surface area (Å²) in [4.78, 5) is 9.29. The van der Waals surface area contributed by atoms with Crippen molar-refractivity contribution in [2.24, 2.45) is 5.92 Å². The van der Waals surface area contributed by atoms with Gasteiger partial charge in [0.1, 0.15) is 17.3 Å². The first kappa shape index (κ1) is 28.3. The van der Waals surface area contributed by atoms with Crippen molar-refractivity contribution in [3.05, 3.63) is 145 Å². The molecule has 4 aromatic heterocycles. The topological polar surface area (TPSA) is 48.8 Å². The van der Waals surface area contributed by atoms with Gasteiger partial charge in [0, 0.05) is 32.0 Å². The molecule has 0 unspecified atom stereocenters. The van der Waals surface area contributed by atoms with Gasteiger partial charge in [0.25, 0.3) is 6.33 Å². The number of hydrogen-bond acceptors (Lipinski definition) is 3. The monoisotopic (exact) mass is 643 g/mol. The van der Waals surface area contributed by atoms with Crippen LogP contribution in [0.2, 0.25) is 0 Å². The molecule has 0 radical (unpaired) electrons. The van der Waals surface area contributed by atoms with Crippen molar-refractivity contribution in [1.29, 1.82) is 0 Å². The molecule has 0 atom stereocenters. The fourth-order valence-corrected chi connectivity index (χ4v) is 6.50. The molecule has 6 heteroatoms. The Kier molecular flexibility index (Phi) is 6.95. The van der Waals surface area contributed by atoms with E-state index in [4.69, 9.17) is 12.5 Å². The molecular formula is C43H39N5O. The molecule has 0 aliphatic rings.